The van der Waals surface area contributed by atoms with Crippen LogP contribution in [0.5, 0.6) is 0 Å². The van der Waals surface area contributed by atoms with Crippen LogP contribution in [-0.2, 0) is 9.59 Å². The Morgan fingerprint density at radius 1 is 1.21 bits per heavy atom. The third kappa shape index (κ3) is 1.61. The van der Waals surface area contributed by atoms with E-state index in [9.17, 15) is 9.59 Å². The molecule has 2 aliphatic heterocycles. The van der Waals surface area contributed by atoms with Crippen molar-refractivity contribution in [3.05, 3.63) is 0 Å². The first kappa shape index (κ1) is 9.49. The number of piperidine rings is 1. The number of rotatable bonds is 2. The van der Waals surface area contributed by atoms with Crippen LogP contribution >= 0.6 is 0 Å². The van der Waals surface area contributed by atoms with Crippen molar-refractivity contribution >= 4 is 12.3 Å². The molecule has 2 aliphatic rings. The van der Waals surface area contributed by atoms with Crippen molar-refractivity contribution in [2.75, 3.05) is 13.1 Å². The van der Waals surface area contributed by atoms with Gasteiger partial charge in [-0.3, -0.25) is 9.59 Å². The molecule has 0 saturated carbocycles. The molecule has 0 N–H and O–H groups in total. The van der Waals surface area contributed by atoms with Crippen LogP contribution in [0.4, 0.5) is 0 Å². The van der Waals surface area contributed by atoms with Crippen molar-refractivity contribution in [1.82, 2.24) is 9.80 Å². The topological polar surface area (TPSA) is 40.6 Å². The fourth-order valence-electron chi connectivity index (χ4n) is 2.38. The highest BCUT2D eigenvalue weighted by Crippen LogP contribution is 2.23. The summed E-state index contributed by atoms with van der Waals surface area (Å²) < 4.78 is 0. The molecule has 0 bridgehead atoms. The zero-order valence-electron chi connectivity index (χ0n) is 8.32. The van der Waals surface area contributed by atoms with Crippen molar-refractivity contribution in [3.8, 4) is 0 Å². The van der Waals surface area contributed by atoms with E-state index in [0.717, 1.165) is 45.2 Å². The van der Waals surface area contributed by atoms with Gasteiger partial charge < -0.3 is 9.80 Å². The van der Waals surface area contributed by atoms with Gasteiger partial charge in [0.25, 0.3) is 0 Å². The van der Waals surface area contributed by atoms with Crippen LogP contribution in [-0.4, -0.2) is 41.4 Å². The van der Waals surface area contributed by atoms with Crippen LogP contribution < -0.4 is 0 Å². The van der Waals surface area contributed by atoms with Gasteiger partial charge in [0, 0.05) is 19.5 Å². The summed E-state index contributed by atoms with van der Waals surface area (Å²) in [6.07, 6.45) is 5.68. The fraction of sp³-hybridized carbons (Fsp3) is 0.800. The summed E-state index contributed by atoms with van der Waals surface area (Å²) in [5.41, 5.74) is 0. The Hall–Kier alpha value is -1.06. The molecule has 1 atom stereocenters. The van der Waals surface area contributed by atoms with Crippen molar-refractivity contribution < 1.29 is 9.59 Å². The lowest BCUT2D eigenvalue weighted by molar-refractivity contribution is -0.138. The second-order valence-corrected chi connectivity index (χ2v) is 4.01. The number of carbonyl (C=O) groups excluding carboxylic acids is 2. The van der Waals surface area contributed by atoms with E-state index in [1.165, 1.54) is 0 Å². The summed E-state index contributed by atoms with van der Waals surface area (Å²) in [5.74, 6) is 0.212. The van der Waals surface area contributed by atoms with Crippen LogP contribution in [0.25, 0.3) is 0 Å². The molecule has 2 fully saturated rings. The minimum absolute atomic E-state index is 0.0521. The van der Waals surface area contributed by atoms with Gasteiger partial charge in [0.05, 0.1) is 0 Å². The molecule has 0 aromatic heterocycles. The molecule has 78 valence electrons. The Morgan fingerprint density at radius 3 is 2.71 bits per heavy atom. The summed E-state index contributed by atoms with van der Waals surface area (Å²) in [6.45, 7) is 1.63. The molecule has 2 rings (SSSR count). The van der Waals surface area contributed by atoms with Gasteiger partial charge >= 0.3 is 0 Å². The predicted octanol–water partition coefficient (Wildman–Crippen LogP) is 0.577. The molecule has 0 spiro atoms. The van der Waals surface area contributed by atoms with Gasteiger partial charge in [-0.15, -0.1) is 0 Å². The highest BCUT2D eigenvalue weighted by molar-refractivity contribution is 5.78. The van der Waals surface area contributed by atoms with E-state index in [4.69, 9.17) is 0 Å². The number of likely N-dealkylation sites (tertiary alicyclic amines) is 2. The molecule has 4 heteroatoms. The first-order valence-corrected chi connectivity index (χ1v) is 5.33. The molecule has 0 aliphatic carbocycles. The molecular formula is C10H16N2O2. The van der Waals surface area contributed by atoms with E-state index in [1.807, 2.05) is 4.90 Å². The van der Waals surface area contributed by atoms with Crippen LogP contribution in [0.3, 0.4) is 0 Å². The number of carbonyl (C=O) groups is 2. The lowest BCUT2D eigenvalue weighted by atomic mass is 10.1. The summed E-state index contributed by atoms with van der Waals surface area (Å²) in [4.78, 5) is 26.0. The Labute approximate surface area is 83.9 Å². The maximum Gasteiger partial charge on any atom is 0.224 e. The maximum absolute atomic E-state index is 11.5. The second kappa shape index (κ2) is 3.98. The lowest BCUT2D eigenvalue weighted by Crippen LogP contribution is -2.50. The Bertz CT molecular complexity index is 242. The van der Waals surface area contributed by atoms with Crippen molar-refractivity contribution in [2.45, 2.75) is 38.3 Å². The predicted molar refractivity (Wildman–Crippen MR) is 51.4 cm³/mol. The van der Waals surface area contributed by atoms with Crippen LogP contribution in [0.2, 0.25) is 0 Å². The van der Waals surface area contributed by atoms with Crippen LogP contribution in [0, 0.1) is 0 Å². The number of amides is 2. The highest BCUT2D eigenvalue weighted by Gasteiger charge is 2.32. The zero-order valence-corrected chi connectivity index (χ0v) is 8.32. The molecule has 2 amide bonds. The smallest absolute Gasteiger partial charge is 0.224 e. The number of nitrogens with zero attached hydrogens (tertiary/aromatic N) is 2. The van der Waals surface area contributed by atoms with Gasteiger partial charge in [-0.05, 0) is 25.7 Å². The second-order valence-electron chi connectivity index (χ2n) is 4.01. The van der Waals surface area contributed by atoms with Gasteiger partial charge in [-0.25, -0.2) is 0 Å². The summed E-state index contributed by atoms with van der Waals surface area (Å²) >= 11 is 0. The van der Waals surface area contributed by atoms with E-state index >= 15 is 0 Å². The highest BCUT2D eigenvalue weighted by atomic mass is 16.2. The Balaban J connectivity index is 2.06. The van der Waals surface area contributed by atoms with Crippen molar-refractivity contribution in [2.24, 2.45) is 0 Å². The van der Waals surface area contributed by atoms with Gasteiger partial charge in [0.1, 0.15) is 6.17 Å². The number of hydrogen-bond acceptors (Lipinski definition) is 2. The molecule has 0 aromatic rings. The quantitative estimate of drug-likeness (QED) is 0.606. The molecular weight excluding hydrogens is 180 g/mol. The SMILES string of the molecule is O=CN1CCCCC1N1CCCC1=O. The van der Waals surface area contributed by atoms with E-state index < -0.39 is 0 Å². The molecule has 14 heavy (non-hydrogen) atoms. The summed E-state index contributed by atoms with van der Waals surface area (Å²) in [5, 5.41) is 0. The molecule has 0 radical (unpaired) electrons. The molecule has 2 heterocycles. The van der Waals surface area contributed by atoms with Crippen LogP contribution in [0.1, 0.15) is 32.1 Å². The van der Waals surface area contributed by atoms with Crippen LogP contribution in [0.15, 0.2) is 0 Å². The van der Waals surface area contributed by atoms with E-state index in [-0.39, 0.29) is 12.1 Å². The normalized spacial score (nSPS) is 28.3. The maximum atomic E-state index is 11.5. The Kier molecular flexibility index (Phi) is 2.70. The number of hydrogen-bond donors (Lipinski definition) is 0. The van der Waals surface area contributed by atoms with Crippen molar-refractivity contribution in [3.63, 3.8) is 0 Å². The molecule has 4 nitrogen and oxygen atoms in total. The largest absolute Gasteiger partial charge is 0.325 e. The zero-order chi connectivity index (χ0) is 9.97. The van der Waals surface area contributed by atoms with Crippen molar-refractivity contribution in [1.29, 1.82) is 0 Å². The fourth-order valence-corrected chi connectivity index (χ4v) is 2.38. The minimum atomic E-state index is 0.0521. The van der Waals surface area contributed by atoms with E-state index in [2.05, 4.69) is 0 Å². The van der Waals surface area contributed by atoms with Gasteiger partial charge in [0.2, 0.25) is 12.3 Å². The standard InChI is InChI=1S/C10H16N2O2/c13-8-11-6-2-1-4-9(11)12-7-3-5-10(12)14/h8-9H,1-7H2. The summed E-state index contributed by atoms with van der Waals surface area (Å²) in [6, 6.07) is 0. The third-order valence-electron chi connectivity index (χ3n) is 3.12. The first-order chi connectivity index (χ1) is 6.83. The van der Waals surface area contributed by atoms with Gasteiger partial charge in [0.15, 0.2) is 0 Å². The summed E-state index contributed by atoms with van der Waals surface area (Å²) in [7, 11) is 0. The van der Waals surface area contributed by atoms with Gasteiger partial charge in [-0.2, -0.15) is 0 Å². The Morgan fingerprint density at radius 2 is 2.07 bits per heavy atom. The third-order valence-corrected chi connectivity index (χ3v) is 3.12. The van der Waals surface area contributed by atoms with E-state index in [1.54, 1.807) is 4.90 Å². The molecule has 1 unspecified atom stereocenters. The monoisotopic (exact) mass is 196 g/mol. The molecule has 2 saturated heterocycles. The minimum Gasteiger partial charge on any atom is -0.325 e. The lowest BCUT2D eigenvalue weighted by Gasteiger charge is -2.38. The molecule has 0 aromatic carbocycles. The average Bonchev–Trinajstić information content (AvgIpc) is 2.64. The first-order valence-electron chi connectivity index (χ1n) is 5.33. The van der Waals surface area contributed by atoms with E-state index in [0.29, 0.717) is 6.42 Å². The average molecular weight is 196 g/mol. The van der Waals surface area contributed by atoms with Gasteiger partial charge in [-0.1, -0.05) is 0 Å².